The number of aryl methyl sites for hydroxylation is 2. The highest BCUT2D eigenvalue weighted by atomic mass is 79.9. The van der Waals surface area contributed by atoms with E-state index in [1.165, 1.54) is 6.07 Å². The molecule has 1 aromatic carbocycles. The molecule has 2 aromatic rings. The average molecular weight is 298 g/mol. The van der Waals surface area contributed by atoms with E-state index in [0.29, 0.717) is 10.0 Å². The molecule has 2 nitrogen and oxygen atoms in total. The molecule has 0 saturated carbocycles. The highest BCUT2D eigenvalue weighted by Gasteiger charge is 2.20. The fraction of sp³-hybridized carbons (Fsp3) is 0.231. The standard InChI is InChI=1S/C13H13BrFNO/c1-7-6-9(8(2)17-7)13(16)12-10(14)4-3-5-11(12)15/h3-6,13H,16H2,1-2H3. The fourth-order valence-corrected chi connectivity index (χ4v) is 2.51. The van der Waals surface area contributed by atoms with Crippen molar-refractivity contribution in [1.82, 2.24) is 0 Å². The Morgan fingerprint density at radius 1 is 1.35 bits per heavy atom. The Bertz CT molecular complexity index is 530. The molecule has 2 N–H and O–H groups in total. The molecule has 1 atom stereocenters. The van der Waals surface area contributed by atoms with Gasteiger partial charge in [0.2, 0.25) is 0 Å². The molecule has 1 heterocycles. The van der Waals surface area contributed by atoms with E-state index in [9.17, 15) is 4.39 Å². The number of halogens is 2. The lowest BCUT2D eigenvalue weighted by molar-refractivity contribution is 0.498. The first-order valence-electron chi connectivity index (χ1n) is 5.27. The second-order valence-corrected chi connectivity index (χ2v) is 4.84. The zero-order chi connectivity index (χ0) is 12.6. The average Bonchev–Trinajstić information content (AvgIpc) is 2.57. The Hall–Kier alpha value is -1.13. The van der Waals surface area contributed by atoms with Gasteiger partial charge in [-0.3, -0.25) is 0 Å². The van der Waals surface area contributed by atoms with Crippen LogP contribution in [0.2, 0.25) is 0 Å². The van der Waals surface area contributed by atoms with Crippen molar-refractivity contribution in [3.63, 3.8) is 0 Å². The van der Waals surface area contributed by atoms with Crippen molar-refractivity contribution < 1.29 is 8.81 Å². The highest BCUT2D eigenvalue weighted by Crippen LogP contribution is 2.31. The molecule has 0 aliphatic rings. The fourth-order valence-electron chi connectivity index (χ4n) is 1.92. The topological polar surface area (TPSA) is 39.2 Å². The molecule has 0 saturated heterocycles. The first kappa shape index (κ1) is 12.3. The van der Waals surface area contributed by atoms with Gasteiger partial charge in [-0.25, -0.2) is 4.39 Å². The second-order valence-electron chi connectivity index (χ2n) is 3.98. The van der Waals surface area contributed by atoms with Crippen LogP contribution in [0.1, 0.15) is 28.7 Å². The Kier molecular flexibility index (Phi) is 3.35. The van der Waals surface area contributed by atoms with Crippen molar-refractivity contribution in [3.05, 3.63) is 57.2 Å². The summed E-state index contributed by atoms with van der Waals surface area (Å²) in [5.41, 5.74) is 7.37. The zero-order valence-corrected chi connectivity index (χ0v) is 11.2. The first-order valence-corrected chi connectivity index (χ1v) is 6.06. The number of hydrogen-bond donors (Lipinski definition) is 1. The van der Waals surface area contributed by atoms with Gasteiger partial charge in [0.1, 0.15) is 17.3 Å². The van der Waals surface area contributed by atoms with Gasteiger partial charge in [0.15, 0.2) is 0 Å². The van der Waals surface area contributed by atoms with Crippen molar-refractivity contribution in [2.45, 2.75) is 19.9 Å². The Balaban J connectivity index is 2.51. The molecular weight excluding hydrogens is 285 g/mol. The summed E-state index contributed by atoms with van der Waals surface area (Å²) in [6.45, 7) is 3.68. The summed E-state index contributed by atoms with van der Waals surface area (Å²) in [7, 11) is 0. The molecule has 2 rings (SSSR count). The van der Waals surface area contributed by atoms with E-state index in [1.54, 1.807) is 12.1 Å². The zero-order valence-electron chi connectivity index (χ0n) is 9.63. The van der Waals surface area contributed by atoms with Crippen molar-refractivity contribution >= 4 is 15.9 Å². The predicted octanol–water partition coefficient (Wildman–Crippen LogP) is 3.85. The quantitative estimate of drug-likeness (QED) is 0.914. The maximum atomic E-state index is 13.8. The van der Waals surface area contributed by atoms with Gasteiger partial charge in [-0.15, -0.1) is 0 Å². The number of nitrogens with two attached hydrogens (primary N) is 1. The van der Waals surface area contributed by atoms with Crippen LogP contribution in [0.15, 0.2) is 33.2 Å². The van der Waals surface area contributed by atoms with Gasteiger partial charge < -0.3 is 10.2 Å². The second kappa shape index (κ2) is 4.63. The third kappa shape index (κ3) is 2.28. The van der Waals surface area contributed by atoms with Crippen molar-refractivity contribution in [3.8, 4) is 0 Å². The molecule has 1 aromatic heterocycles. The van der Waals surface area contributed by atoms with Crippen LogP contribution in [0.25, 0.3) is 0 Å². The van der Waals surface area contributed by atoms with Gasteiger partial charge in [-0.2, -0.15) is 0 Å². The molecule has 0 aliphatic heterocycles. The molecule has 17 heavy (non-hydrogen) atoms. The SMILES string of the molecule is Cc1cc(C(N)c2c(F)cccc2Br)c(C)o1. The Morgan fingerprint density at radius 2 is 2.06 bits per heavy atom. The largest absolute Gasteiger partial charge is 0.466 e. The maximum Gasteiger partial charge on any atom is 0.129 e. The van der Waals surface area contributed by atoms with Crippen molar-refractivity contribution in [2.75, 3.05) is 0 Å². The molecule has 0 spiro atoms. The Labute approximate surface area is 108 Å². The molecule has 4 heteroatoms. The van der Waals surface area contributed by atoms with Crippen LogP contribution in [-0.4, -0.2) is 0 Å². The van der Waals surface area contributed by atoms with E-state index in [2.05, 4.69) is 15.9 Å². The van der Waals surface area contributed by atoms with Crippen LogP contribution < -0.4 is 5.73 Å². The Morgan fingerprint density at radius 3 is 2.59 bits per heavy atom. The monoisotopic (exact) mass is 297 g/mol. The normalized spacial score (nSPS) is 12.8. The summed E-state index contributed by atoms with van der Waals surface area (Å²) >= 11 is 3.33. The molecule has 1 unspecified atom stereocenters. The summed E-state index contributed by atoms with van der Waals surface area (Å²) in [5.74, 6) is 1.19. The molecular formula is C13H13BrFNO. The van der Waals surface area contributed by atoms with Crippen molar-refractivity contribution in [2.24, 2.45) is 5.73 Å². The van der Waals surface area contributed by atoms with Gasteiger partial charge in [0, 0.05) is 15.6 Å². The minimum Gasteiger partial charge on any atom is -0.466 e. The maximum absolute atomic E-state index is 13.8. The predicted molar refractivity (Wildman–Crippen MR) is 68.3 cm³/mol. The van der Waals surface area contributed by atoms with E-state index in [-0.39, 0.29) is 5.82 Å². The third-order valence-corrected chi connectivity index (χ3v) is 3.42. The van der Waals surface area contributed by atoms with Crippen LogP contribution in [0, 0.1) is 19.7 Å². The lowest BCUT2D eigenvalue weighted by atomic mass is 9.99. The van der Waals surface area contributed by atoms with Crippen LogP contribution in [0.3, 0.4) is 0 Å². The first-order chi connectivity index (χ1) is 8.00. The van der Waals surface area contributed by atoms with E-state index in [0.717, 1.165) is 17.1 Å². The van der Waals surface area contributed by atoms with E-state index >= 15 is 0 Å². The lowest BCUT2D eigenvalue weighted by Gasteiger charge is -2.14. The molecule has 0 radical (unpaired) electrons. The van der Waals surface area contributed by atoms with E-state index in [4.69, 9.17) is 10.2 Å². The van der Waals surface area contributed by atoms with Gasteiger partial charge in [-0.05, 0) is 32.0 Å². The van der Waals surface area contributed by atoms with Crippen LogP contribution in [0.5, 0.6) is 0 Å². The smallest absolute Gasteiger partial charge is 0.129 e. The lowest BCUT2D eigenvalue weighted by Crippen LogP contribution is -2.14. The molecule has 0 fully saturated rings. The van der Waals surface area contributed by atoms with Crippen LogP contribution >= 0.6 is 15.9 Å². The summed E-state index contributed by atoms with van der Waals surface area (Å²) in [6, 6.07) is 6.15. The number of rotatable bonds is 2. The van der Waals surface area contributed by atoms with Gasteiger partial charge >= 0.3 is 0 Å². The van der Waals surface area contributed by atoms with Crippen LogP contribution in [-0.2, 0) is 0 Å². The number of furan rings is 1. The summed E-state index contributed by atoms with van der Waals surface area (Å²) in [6.07, 6.45) is 0. The molecule has 90 valence electrons. The summed E-state index contributed by atoms with van der Waals surface area (Å²) in [5, 5.41) is 0. The van der Waals surface area contributed by atoms with E-state index < -0.39 is 6.04 Å². The molecule has 0 bridgehead atoms. The molecule has 0 aliphatic carbocycles. The summed E-state index contributed by atoms with van der Waals surface area (Å²) < 4.78 is 19.9. The van der Waals surface area contributed by atoms with Gasteiger partial charge in [-0.1, -0.05) is 22.0 Å². The van der Waals surface area contributed by atoms with Crippen molar-refractivity contribution in [1.29, 1.82) is 0 Å². The van der Waals surface area contributed by atoms with Gasteiger partial charge in [0.05, 0.1) is 6.04 Å². The van der Waals surface area contributed by atoms with E-state index in [1.807, 2.05) is 19.9 Å². The minimum absolute atomic E-state index is 0.315. The minimum atomic E-state index is -0.525. The third-order valence-electron chi connectivity index (χ3n) is 2.73. The summed E-state index contributed by atoms with van der Waals surface area (Å²) in [4.78, 5) is 0. The van der Waals surface area contributed by atoms with Crippen LogP contribution in [0.4, 0.5) is 4.39 Å². The number of hydrogen-bond acceptors (Lipinski definition) is 2. The van der Waals surface area contributed by atoms with Gasteiger partial charge in [0.25, 0.3) is 0 Å². The highest BCUT2D eigenvalue weighted by molar-refractivity contribution is 9.10. The molecule has 0 amide bonds. The number of benzene rings is 1.